The SMILES string of the molecule is NC(=O)CCC(C(=O)O)N1C(=O)/C(=C/c2ccccc2Cl)SC1=S. The number of carbonyl (C=O) groups is 3. The fourth-order valence-electron chi connectivity index (χ4n) is 2.12. The van der Waals surface area contributed by atoms with Gasteiger partial charge in [0.25, 0.3) is 5.91 Å². The van der Waals surface area contributed by atoms with Crippen LogP contribution in [0.5, 0.6) is 0 Å². The van der Waals surface area contributed by atoms with Crippen LogP contribution in [0.25, 0.3) is 6.08 Å². The number of hydrogen-bond donors (Lipinski definition) is 2. The van der Waals surface area contributed by atoms with Gasteiger partial charge in [0.15, 0.2) is 0 Å². The van der Waals surface area contributed by atoms with Crippen molar-refractivity contribution >= 4 is 63.8 Å². The standard InChI is InChI=1S/C15H13ClN2O4S2/c16-9-4-2-1-3-8(9)7-11-13(20)18(15(23)24-11)10(14(21)22)5-6-12(17)19/h1-4,7,10H,5-6H2,(H2,17,19)(H,21,22)/b11-7-. The van der Waals surface area contributed by atoms with E-state index in [1.807, 2.05) is 0 Å². The number of carboxylic acids is 1. The number of thioether (sulfide) groups is 1. The topological polar surface area (TPSA) is 101 Å². The minimum absolute atomic E-state index is 0.101. The molecule has 1 heterocycles. The molecule has 6 nitrogen and oxygen atoms in total. The van der Waals surface area contributed by atoms with Gasteiger partial charge in [-0.25, -0.2) is 4.79 Å². The monoisotopic (exact) mass is 384 g/mol. The summed E-state index contributed by atoms with van der Waals surface area (Å²) in [7, 11) is 0. The molecule has 2 amide bonds. The number of thiocarbonyl (C=S) groups is 1. The maximum atomic E-state index is 12.5. The van der Waals surface area contributed by atoms with Crippen molar-refractivity contribution in [3.63, 3.8) is 0 Å². The molecule has 24 heavy (non-hydrogen) atoms. The van der Waals surface area contributed by atoms with Crippen molar-refractivity contribution in [3.8, 4) is 0 Å². The van der Waals surface area contributed by atoms with E-state index in [9.17, 15) is 19.5 Å². The van der Waals surface area contributed by atoms with Crippen molar-refractivity contribution in [3.05, 3.63) is 39.8 Å². The molecule has 1 atom stereocenters. The predicted octanol–water partition coefficient (Wildman–Crippen LogP) is 2.26. The zero-order valence-corrected chi connectivity index (χ0v) is 14.7. The quantitative estimate of drug-likeness (QED) is 0.576. The third-order valence-electron chi connectivity index (χ3n) is 3.28. The Bertz CT molecular complexity index is 751. The summed E-state index contributed by atoms with van der Waals surface area (Å²) >= 11 is 12.2. The predicted molar refractivity (Wildman–Crippen MR) is 96.3 cm³/mol. The van der Waals surface area contributed by atoms with E-state index in [1.165, 1.54) is 0 Å². The zero-order valence-electron chi connectivity index (χ0n) is 12.3. The molecule has 3 N–H and O–H groups in total. The number of rotatable bonds is 6. The van der Waals surface area contributed by atoms with Crippen molar-refractivity contribution in [2.24, 2.45) is 5.73 Å². The lowest BCUT2D eigenvalue weighted by Crippen LogP contribution is -2.44. The van der Waals surface area contributed by atoms with E-state index < -0.39 is 23.8 Å². The summed E-state index contributed by atoms with van der Waals surface area (Å²) < 4.78 is 0.121. The minimum atomic E-state index is -1.24. The molecule has 1 aliphatic heterocycles. The maximum Gasteiger partial charge on any atom is 0.326 e. The number of aliphatic carboxylic acids is 1. The second-order valence-corrected chi connectivity index (χ2v) is 7.02. The van der Waals surface area contributed by atoms with Crippen LogP contribution < -0.4 is 5.73 Å². The van der Waals surface area contributed by atoms with E-state index in [4.69, 9.17) is 29.6 Å². The Labute approximate surface area is 152 Å². The number of benzene rings is 1. The second kappa shape index (κ2) is 7.78. The number of carboxylic acid groups (broad SMARTS) is 1. The number of halogens is 1. The maximum absolute atomic E-state index is 12.5. The molecule has 126 valence electrons. The Morgan fingerprint density at radius 2 is 2.08 bits per heavy atom. The largest absolute Gasteiger partial charge is 0.480 e. The van der Waals surface area contributed by atoms with Crippen LogP contribution in [0.1, 0.15) is 18.4 Å². The van der Waals surface area contributed by atoms with Crippen LogP contribution in [-0.2, 0) is 14.4 Å². The first kappa shape index (κ1) is 18.4. The molecule has 0 aromatic heterocycles. The molecule has 0 radical (unpaired) electrons. The van der Waals surface area contributed by atoms with Gasteiger partial charge in [-0.15, -0.1) is 0 Å². The number of carbonyl (C=O) groups excluding carboxylic acids is 2. The molecule has 1 aromatic rings. The first-order valence-electron chi connectivity index (χ1n) is 6.84. The highest BCUT2D eigenvalue weighted by molar-refractivity contribution is 8.26. The first-order valence-corrected chi connectivity index (χ1v) is 8.44. The van der Waals surface area contributed by atoms with E-state index in [2.05, 4.69) is 0 Å². The molecule has 0 bridgehead atoms. The minimum Gasteiger partial charge on any atom is -0.480 e. The van der Waals surface area contributed by atoms with Crippen LogP contribution in [0, 0.1) is 0 Å². The Kier molecular flexibility index (Phi) is 5.98. The molecular formula is C15H13ClN2O4S2. The van der Waals surface area contributed by atoms with Crippen LogP contribution in [0.15, 0.2) is 29.2 Å². The van der Waals surface area contributed by atoms with Crippen molar-refractivity contribution in [1.29, 1.82) is 0 Å². The Balaban J connectivity index is 2.28. The number of primary amides is 1. The van der Waals surface area contributed by atoms with Crippen LogP contribution in [0.3, 0.4) is 0 Å². The van der Waals surface area contributed by atoms with Gasteiger partial charge in [0, 0.05) is 11.4 Å². The highest BCUT2D eigenvalue weighted by atomic mass is 35.5. The van der Waals surface area contributed by atoms with Crippen LogP contribution in [0.2, 0.25) is 5.02 Å². The highest BCUT2D eigenvalue weighted by Gasteiger charge is 2.40. The van der Waals surface area contributed by atoms with E-state index in [-0.39, 0.29) is 22.1 Å². The van der Waals surface area contributed by atoms with E-state index in [0.29, 0.717) is 10.6 Å². The molecule has 0 spiro atoms. The van der Waals surface area contributed by atoms with Crippen molar-refractivity contribution in [2.45, 2.75) is 18.9 Å². The summed E-state index contributed by atoms with van der Waals surface area (Å²) in [6.07, 6.45) is 1.31. The van der Waals surface area contributed by atoms with Crippen LogP contribution in [-0.4, -0.2) is 38.2 Å². The third-order valence-corrected chi connectivity index (χ3v) is 4.95. The normalized spacial score (nSPS) is 17.4. The summed E-state index contributed by atoms with van der Waals surface area (Å²) in [5.41, 5.74) is 5.68. The van der Waals surface area contributed by atoms with Gasteiger partial charge in [-0.3, -0.25) is 14.5 Å². The lowest BCUT2D eigenvalue weighted by atomic mass is 10.1. The van der Waals surface area contributed by atoms with Crippen molar-refractivity contribution in [1.82, 2.24) is 4.90 Å². The molecule has 1 aliphatic rings. The van der Waals surface area contributed by atoms with Gasteiger partial charge in [0.05, 0.1) is 4.91 Å². The van der Waals surface area contributed by atoms with E-state index in [0.717, 1.165) is 16.7 Å². The van der Waals surface area contributed by atoms with E-state index in [1.54, 1.807) is 30.3 Å². The average molecular weight is 385 g/mol. The number of amides is 2. The van der Waals surface area contributed by atoms with Gasteiger partial charge < -0.3 is 10.8 Å². The first-order chi connectivity index (χ1) is 11.3. The summed E-state index contributed by atoms with van der Waals surface area (Å²) in [4.78, 5) is 36.2. The molecule has 1 saturated heterocycles. The molecule has 9 heteroatoms. The number of hydrogen-bond acceptors (Lipinski definition) is 5. The van der Waals surface area contributed by atoms with Crippen molar-refractivity contribution in [2.75, 3.05) is 0 Å². The highest BCUT2D eigenvalue weighted by Crippen LogP contribution is 2.35. The molecule has 1 unspecified atom stereocenters. The summed E-state index contributed by atoms with van der Waals surface area (Å²) in [6.45, 7) is 0. The van der Waals surface area contributed by atoms with Gasteiger partial charge >= 0.3 is 5.97 Å². The second-order valence-electron chi connectivity index (χ2n) is 4.93. The van der Waals surface area contributed by atoms with Gasteiger partial charge in [-0.05, 0) is 24.1 Å². The van der Waals surface area contributed by atoms with Gasteiger partial charge in [0.1, 0.15) is 10.4 Å². The lowest BCUT2D eigenvalue weighted by molar-refractivity contribution is -0.145. The Morgan fingerprint density at radius 1 is 1.42 bits per heavy atom. The number of nitrogens with two attached hydrogens (primary N) is 1. The average Bonchev–Trinajstić information content (AvgIpc) is 2.77. The van der Waals surface area contributed by atoms with E-state index >= 15 is 0 Å². The Hall–Kier alpha value is -1.90. The summed E-state index contributed by atoms with van der Waals surface area (Å²) in [5, 5.41) is 9.81. The summed E-state index contributed by atoms with van der Waals surface area (Å²) in [5.74, 6) is -2.41. The number of nitrogens with zero attached hydrogens (tertiary/aromatic N) is 1. The van der Waals surface area contributed by atoms with Gasteiger partial charge in [-0.1, -0.05) is 53.8 Å². The van der Waals surface area contributed by atoms with Gasteiger partial charge in [0.2, 0.25) is 5.91 Å². The fourth-order valence-corrected chi connectivity index (χ4v) is 3.66. The Morgan fingerprint density at radius 3 is 2.67 bits per heavy atom. The molecule has 0 aliphatic carbocycles. The molecule has 2 rings (SSSR count). The molecule has 0 saturated carbocycles. The van der Waals surface area contributed by atoms with Crippen LogP contribution >= 0.6 is 35.6 Å². The lowest BCUT2D eigenvalue weighted by Gasteiger charge is -2.22. The third kappa shape index (κ3) is 4.14. The molecule has 1 aromatic carbocycles. The molecular weight excluding hydrogens is 372 g/mol. The smallest absolute Gasteiger partial charge is 0.326 e. The molecule has 1 fully saturated rings. The fraction of sp³-hybridized carbons (Fsp3) is 0.200. The van der Waals surface area contributed by atoms with Crippen LogP contribution in [0.4, 0.5) is 0 Å². The summed E-state index contributed by atoms with van der Waals surface area (Å²) in [6, 6.07) is 5.71. The van der Waals surface area contributed by atoms with Crippen molar-refractivity contribution < 1.29 is 19.5 Å². The van der Waals surface area contributed by atoms with Gasteiger partial charge in [-0.2, -0.15) is 0 Å². The zero-order chi connectivity index (χ0) is 17.9.